The molecule has 1 aromatic carbocycles. The first-order valence-corrected chi connectivity index (χ1v) is 7.58. The van der Waals surface area contributed by atoms with Gasteiger partial charge in [0.1, 0.15) is 0 Å². The van der Waals surface area contributed by atoms with Crippen LogP contribution in [0.5, 0.6) is 0 Å². The summed E-state index contributed by atoms with van der Waals surface area (Å²) < 4.78 is 0. The van der Waals surface area contributed by atoms with Gasteiger partial charge in [-0.2, -0.15) is 0 Å². The van der Waals surface area contributed by atoms with Gasteiger partial charge >= 0.3 is 5.97 Å². The Morgan fingerprint density at radius 1 is 1.33 bits per heavy atom. The van der Waals surface area contributed by atoms with Crippen molar-refractivity contribution in [3.05, 3.63) is 35.9 Å². The van der Waals surface area contributed by atoms with Crippen LogP contribution in [0.25, 0.3) is 0 Å². The van der Waals surface area contributed by atoms with Crippen molar-refractivity contribution in [2.24, 2.45) is 11.8 Å². The quantitative estimate of drug-likeness (QED) is 0.926. The zero-order valence-corrected chi connectivity index (χ0v) is 12.7. The molecule has 1 amide bonds. The fourth-order valence-corrected chi connectivity index (χ4v) is 3.08. The molecule has 1 saturated heterocycles. The molecular weight excluding hydrogens is 266 g/mol. The van der Waals surface area contributed by atoms with Gasteiger partial charge < -0.3 is 10.0 Å². The van der Waals surface area contributed by atoms with Crippen LogP contribution in [0.4, 0.5) is 0 Å². The van der Waals surface area contributed by atoms with Gasteiger partial charge in [0.05, 0.1) is 12.0 Å². The number of likely N-dealkylation sites (tertiary alicyclic amines) is 1. The van der Waals surface area contributed by atoms with E-state index in [1.807, 2.05) is 30.3 Å². The van der Waals surface area contributed by atoms with E-state index in [0.29, 0.717) is 31.7 Å². The van der Waals surface area contributed by atoms with E-state index in [2.05, 4.69) is 13.8 Å². The van der Waals surface area contributed by atoms with Gasteiger partial charge in [0.15, 0.2) is 0 Å². The van der Waals surface area contributed by atoms with E-state index in [1.54, 1.807) is 4.90 Å². The van der Waals surface area contributed by atoms with Crippen molar-refractivity contribution in [3.8, 4) is 0 Å². The Kier molecular flexibility index (Phi) is 4.99. The standard InChI is InChI=1S/C17H23NO3/c1-12(2)11-18-15(19)10-6-9-14(17(20)21)16(18)13-7-4-3-5-8-13/h3-5,7-8,12,14,16H,6,9-11H2,1-2H3,(H,20,21). The van der Waals surface area contributed by atoms with E-state index in [9.17, 15) is 14.7 Å². The van der Waals surface area contributed by atoms with E-state index < -0.39 is 11.9 Å². The SMILES string of the molecule is CC(C)CN1C(=O)CCCC(C(=O)O)C1c1ccccc1. The average molecular weight is 289 g/mol. The highest BCUT2D eigenvalue weighted by Crippen LogP contribution is 2.36. The number of amides is 1. The molecule has 2 unspecified atom stereocenters. The summed E-state index contributed by atoms with van der Waals surface area (Å²) in [5.74, 6) is -0.959. The Balaban J connectivity index is 2.44. The highest BCUT2D eigenvalue weighted by Gasteiger charge is 2.38. The third-order valence-corrected chi connectivity index (χ3v) is 3.96. The lowest BCUT2D eigenvalue weighted by molar-refractivity contribution is -0.146. The number of aliphatic carboxylic acids is 1. The van der Waals surface area contributed by atoms with Gasteiger partial charge in [-0.25, -0.2) is 0 Å². The lowest BCUT2D eigenvalue weighted by atomic mass is 9.89. The molecule has 0 bridgehead atoms. The Labute approximate surface area is 125 Å². The molecule has 1 fully saturated rings. The van der Waals surface area contributed by atoms with Crippen LogP contribution in [0.2, 0.25) is 0 Å². The fraction of sp³-hybridized carbons (Fsp3) is 0.529. The van der Waals surface area contributed by atoms with E-state index in [-0.39, 0.29) is 11.9 Å². The first-order valence-electron chi connectivity index (χ1n) is 7.58. The summed E-state index contributed by atoms with van der Waals surface area (Å²) in [6.07, 6.45) is 1.64. The monoisotopic (exact) mass is 289 g/mol. The Morgan fingerprint density at radius 3 is 2.57 bits per heavy atom. The molecule has 114 valence electrons. The fourth-order valence-electron chi connectivity index (χ4n) is 3.08. The minimum absolute atomic E-state index is 0.0707. The average Bonchev–Trinajstić information content (AvgIpc) is 2.60. The van der Waals surface area contributed by atoms with Gasteiger partial charge in [-0.05, 0) is 24.3 Å². The van der Waals surface area contributed by atoms with Gasteiger partial charge in [0.25, 0.3) is 0 Å². The number of carbonyl (C=O) groups is 2. The van der Waals surface area contributed by atoms with Crippen LogP contribution >= 0.6 is 0 Å². The van der Waals surface area contributed by atoms with Crippen LogP contribution in [0, 0.1) is 11.8 Å². The van der Waals surface area contributed by atoms with Crippen molar-refractivity contribution in [1.82, 2.24) is 4.90 Å². The van der Waals surface area contributed by atoms with Crippen molar-refractivity contribution in [3.63, 3.8) is 0 Å². The molecule has 2 atom stereocenters. The number of carboxylic acids is 1. The van der Waals surface area contributed by atoms with Gasteiger partial charge in [-0.1, -0.05) is 44.2 Å². The molecule has 1 aliphatic rings. The summed E-state index contributed by atoms with van der Waals surface area (Å²) in [7, 11) is 0. The van der Waals surface area contributed by atoms with Crippen LogP contribution in [0.1, 0.15) is 44.7 Å². The maximum Gasteiger partial charge on any atom is 0.308 e. The smallest absolute Gasteiger partial charge is 0.308 e. The van der Waals surface area contributed by atoms with E-state index >= 15 is 0 Å². The zero-order valence-electron chi connectivity index (χ0n) is 12.7. The molecule has 4 nitrogen and oxygen atoms in total. The topological polar surface area (TPSA) is 57.6 Å². The van der Waals surface area contributed by atoms with Gasteiger partial charge in [-0.3, -0.25) is 9.59 Å². The van der Waals surface area contributed by atoms with Crippen LogP contribution in [0.3, 0.4) is 0 Å². The number of hydrogen-bond acceptors (Lipinski definition) is 2. The summed E-state index contributed by atoms with van der Waals surface area (Å²) in [4.78, 5) is 25.9. The number of carbonyl (C=O) groups excluding carboxylic acids is 1. The minimum atomic E-state index is -0.813. The second-order valence-electron chi connectivity index (χ2n) is 6.13. The third kappa shape index (κ3) is 3.63. The molecule has 0 spiro atoms. The predicted octanol–water partition coefficient (Wildman–Crippen LogP) is 3.10. The van der Waals surface area contributed by atoms with Crippen molar-refractivity contribution in [2.75, 3.05) is 6.54 Å². The summed E-state index contributed by atoms with van der Waals surface area (Å²) in [6.45, 7) is 4.70. The Hall–Kier alpha value is -1.84. The predicted molar refractivity (Wildman–Crippen MR) is 80.7 cm³/mol. The van der Waals surface area contributed by atoms with Crippen LogP contribution in [0.15, 0.2) is 30.3 Å². The van der Waals surface area contributed by atoms with Crippen LogP contribution in [-0.4, -0.2) is 28.4 Å². The first-order chi connectivity index (χ1) is 10.0. The highest BCUT2D eigenvalue weighted by molar-refractivity contribution is 5.79. The van der Waals surface area contributed by atoms with Crippen molar-refractivity contribution in [2.45, 2.75) is 39.2 Å². The number of nitrogens with zero attached hydrogens (tertiary/aromatic N) is 1. The zero-order chi connectivity index (χ0) is 15.4. The highest BCUT2D eigenvalue weighted by atomic mass is 16.4. The summed E-state index contributed by atoms with van der Waals surface area (Å²) in [6, 6.07) is 9.19. The normalized spacial score (nSPS) is 23.2. The number of carboxylic acid groups (broad SMARTS) is 1. The summed E-state index contributed by atoms with van der Waals surface area (Å²) >= 11 is 0. The molecule has 1 aliphatic heterocycles. The van der Waals surface area contributed by atoms with Crippen LogP contribution in [-0.2, 0) is 9.59 Å². The molecule has 1 N–H and O–H groups in total. The van der Waals surface area contributed by atoms with Crippen LogP contribution < -0.4 is 0 Å². The van der Waals surface area contributed by atoms with E-state index in [1.165, 1.54) is 0 Å². The molecule has 0 radical (unpaired) electrons. The molecule has 1 heterocycles. The van der Waals surface area contributed by atoms with E-state index in [0.717, 1.165) is 5.56 Å². The maximum absolute atomic E-state index is 12.4. The van der Waals surface area contributed by atoms with Gasteiger partial charge in [0.2, 0.25) is 5.91 Å². The largest absolute Gasteiger partial charge is 0.481 e. The second kappa shape index (κ2) is 6.74. The summed E-state index contributed by atoms with van der Waals surface area (Å²) in [5.41, 5.74) is 0.917. The molecule has 0 aromatic heterocycles. The Bertz CT molecular complexity index is 498. The van der Waals surface area contributed by atoms with Gasteiger partial charge in [-0.15, -0.1) is 0 Å². The van der Waals surface area contributed by atoms with Gasteiger partial charge in [0, 0.05) is 13.0 Å². The van der Waals surface area contributed by atoms with Crippen molar-refractivity contribution in [1.29, 1.82) is 0 Å². The summed E-state index contributed by atoms with van der Waals surface area (Å²) in [5, 5.41) is 9.60. The molecule has 1 aromatic rings. The Morgan fingerprint density at radius 2 is 2.00 bits per heavy atom. The molecule has 2 rings (SSSR count). The second-order valence-corrected chi connectivity index (χ2v) is 6.13. The maximum atomic E-state index is 12.4. The van der Waals surface area contributed by atoms with E-state index in [4.69, 9.17) is 0 Å². The molecule has 0 aliphatic carbocycles. The number of rotatable bonds is 4. The van der Waals surface area contributed by atoms with Crippen molar-refractivity contribution < 1.29 is 14.7 Å². The molecule has 21 heavy (non-hydrogen) atoms. The third-order valence-electron chi connectivity index (χ3n) is 3.96. The first kappa shape index (κ1) is 15.5. The van der Waals surface area contributed by atoms with Crippen molar-refractivity contribution >= 4 is 11.9 Å². The molecule has 4 heteroatoms. The number of hydrogen-bond donors (Lipinski definition) is 1. The minimum Gasteiger partial charge on any atom is -0.481 e. The molecule has 0 saturated carbocycles. The lowest BCUT2D eigenvalue weighted by Crippen LogP contribution is -2.41. The lowest BCUT2D eigenvalue weighted by Gasteiger charge is -2.35. The molecular formula is C17H23NO3. The number of benzene rings is 1.